The van der Waals surface area contributed by atoms with Gasteiger partial charge < -0.3 is 15.7 Å². The van der Waals surface area contributed by atoms with E-state index in [1.165, 1.54) is 11.8 Å². The molecule has 2 heterocycles. The summed E-state index contributed by atoms with van der Waals surface area (Å²) < 4.78 is 0.225. The fraction of sp³-hybridized carbons (Fsp3) is 0.250. The highest BCUT2D eigenvalue weighted by molar-refractivity contribution is 7.99. The minimum atomic E-state index is -0.370. The Bertz CT molecular complexity index is 670. The third-order valence-corrected chi connectivity index (χ3v) is 3.03. The summed E-state index contributed by atoms with van der Waals surface area (Å²) in [6, 6.07) is 0. The van der Waals surface area contributed by atoms with Gasteiger partial charge in [0.05, 0.1) is 0 Å². The topological polar surface area (TPSA) is 120 Å². The van der Waals surface area contributed by atoms with Crippen molar-refractivity contribution in [1.29, 1.82) is 0 Å². The van der Waals surface area contributed by atoms with Gasteiger partial charge in [-0.3, -0.25) is 14.6 Å². The van der Waals surface area contributed by atoms with E-state index < -0.39 is 0 Å². The SMILES string of the molecule is NC(=O)CCSc1nc2[nH]c(=S)[nH]c(=O)c2[nH]1. The molecule has 9 heteroatoms. The lowest BCUT2D eigenvalue weighted by Crippen LogP contribution is -2.10. The van der Waals surface area contributed by atoms with E-state index in [-0.39, 0.29) is 22.7 Å². The number of nitrogens with one attached hydrogen (secondary N) is 3. The number of imidazole rings is 1. The first-order valence-corrected chi connectivity index (χ1v) is 6.09. The number of aromatic nitrogens is 4. The molecule has 0 bridgehead atoms. The number of aromatic amines is 3. The quantitative estimate of drug-likeness (QED) is 0.470. The monoisotopic (exact) mass is 271 g/mol. The third kappa shape index (κ3) is 2.74. The molecule has 0 fully saturated rings. The number of nitrogens with zero attached hydrogens (tertiary/aromatic N) is 1. The Morgan fingerprint density at radius 1 is 1.41 bits per heavy atom. The lowest BCUT2D eigenvalue weighted by molar-refractivity contribution is -0.117. The van der Waals surface area contributed by atoms with E-state index in [4.69, 9.17) is 18.0 Å². The number of rotatable bonds is 4. The summed E-state index contributed by atoms with van der Waals surface area (Å²) in [5.41, 5.74) is 5.43. The van der Waals surface area contributed by atoms with Gasteiger partial charge in [-0.05, 0) is 12.2 Å². The summed E-state index contributed by atoms with van der Waals surface area (Å²) in [6.07, 6.45) is 0.258. The van der Waals surface area contributed by atoms with Gasteiger partial charge in [0.2, 0.25) is 5.91 Å². The van der Waals surface area contributed by atoms with Gasteiger partial charge in [-0.15, -0.1) is 0 Å². The van der Waals surface area contributed by atoms with Gasteiger partial charge in [0.1, 0.15) is 5.52 Å². The molecule has 0 aliphatic carbocycles. The molecule has 0 atom stereocenters. The van der Waals surface area contributed by atoms with Crippen molar-refractivity contribution in [1.82, 2.24) is 19.9 Å². The van der Waals surface area contributed by atoms with Crippen LogP contribution in [0.3, 0.4) is 0 Å². The van der Waals surface area contributed by atoms with E-state index >= 15 is 0 Å². The van der Waals surface area contributed by atoms with Gasteiger partial charge in [0, 0.05) is 12.2 Å². The van der Waals surface area contributed by atoms with Crippen molar-refractivity contribution < 1.29 is 4.79 Å². The number of carbonyl (C=O) groups excluding carboxylic acids is 1. The lowest BCUT2D eigenvalue weighted by atomic mass is 10.5. The fourth-order valence-electron chi connectivity index (χ4n) is 1.23. The van der Waals surface area contributed by atoms with Crippen molar-refractivity contribution in [2.24, 2.45) is 5.73 Å². The second-order valence-corrected chi connectivity index (χ2v) is 4.73. The molecule has 2 rings (SSSR count). The Balaban J connectivity index is 2.26. The van der Waals surface area contributed by atoms with Crippen LogP contribution in [-0.4, -0.2) is 31.6 Å². The standard InChI is InChI=1S/C8H9N5O2S2/c9-3(14)1-2-17-8-10-4-5(12-8)11-7(16)13-6(4)15/h1-2H2,(H2,9,14)(H3,10,11,12,13,15,16). The van der Waals surface area contributed by atoms with Crippen LogP contribution in [0.4, 0.5) is 0 Å². The van der Waals surface area contributed by atoms with Crippen LogP contribution in [0.2, 0.25) is 0 Å². The molecule has 7 nitrogen and oxygen atoms in total. The second kappa shape index (κ2) is 4.72. The first-order chi connectivity index (χ1) is 8.06. The first kappa shape index (κ1) is 11.9. The molecule has 5 N–H and O–H groups in total. The van der Waals surface area contributed by atoms with Crippen LogP contribution < -0.4 is 11.3 Å². The molecule has 0 unspecified atom stereocenters. The number of fused-ring (bicyclic) bond motifs is 1. The van der Waals surface area contributed by atoms with Crippen molar-refractivity contribution in [2.45, 2.75) is 11.6 Å². The molecular weight excluding hydrogens is 262 g/mol. The Kier molecular flexibility index (Phi) is 3.29. The minimum absolute atomic E-state index is 0.225. The molecule has 0 aromatic carbocycles. The zero-order valence-corrected chi connectivity index (χ0v) is 10.2. The number of hydrogen-bond donors (Lipinski definition) is 4. The van der Waals surface area contributed by atoms with Crippen molar-refractivity contribution in [3.8, 4) is 0 Å². The van der Waals surface area contributed by atoms with E-state index in [0.29, 0.717) is 22.1 Å². The molecule has 0 radical (unpaired) electrons. The summed E-state index contributed by atoms with van der Waals surface area (Å²) >= 11 is 6.14. The van der Waals surface area contributed by atoms with Crippen molar-refractivity contribution in [3.05, 3.63) is 15.1 Å². The van der Waals surface area contributed by atoms with Gasteiger partial charge in [-0.1, -0.05) is 11.8 Å². The fourth-order valence-corrected chi connectivity index (χ4v) is 2.24. The average Bonchev–Trinajstić information content (AvgIpc) is 2.60. The maximum Gasteiger partial charge on any atom is 0.277 e. The number of primary amides is 1. The highest BCUT2D eigenvalue weighted by Gasteiger charge is 2.07. The van der Waals surface area contributed by atoms with Crippen LogP contribution in [0, 0.1) is 4.77 Å². The number of H-pyrrole nitrogens is 3. The van der Waals surface area contributed by atoms with Crippen LogP contribution in [0.25, 0.3) is 11.2 Å². The zero-order chi connectivity index (χ0) is 12.4. The molecule has 1 amide bonds. The number of carbonyl (C=O) groups is 1. The van der Waals surface area contributed by atoms with Crippen LogP contribution in [0.15, 0.2) is 9.95 Å². The van der Waals surface area contributed by atoms with E-state index in [2.05, 4.69) is 19.9 Å². The number of nitrogens with two attached hydrogens (primary N) is 1. The summed E-state index contributed by atoms with van der Waals surface area (Å²) in [5.74, 6) is 0.138. The highest BCUT2D eigenvalue weighted by Crippen LogP contribution is 2.16. The van der Waals surface area contributed by atoms with E-state index in [1.807, 2.05) is 0 Å². The van der Waals surface area contributed by atoms with Crippen LogP contribution in [-0.2, 0) is 4.79 Å². The van der Waals surface area contributed by atoms with Gasteiger partial charge in [-0.2, -0.15) is 0 Å². The van der Waals surface area contributed by atoms with Gasteiger partial charge >= 0.3 is 0 Å². The average molecular weight is 271 g/mol. The number of thioether (sulfide) groups is 1. The van der Waals surface area contributed by atoms with Crippen molar-refractivity contribution in [2.75, 3.05) is 5.75 Å². The molecule has 2 aromatic heterocycles. The normalized spacial score (nSPS) is 10.8. The highest BCUT2D eigenvalue weighted by atomic mass is 32.2. The van der Waals surface area contributed by atoms with E-state index in [1.54, 1.807) is 0 Å². The lowest BCUT2D eigenvalue weighted by Gasteiger charge is -1.92. The molecule has 17 heavy (non-hydrogen) atoms. The van der Waals surface area contributed by atoms with Crippen LogP contribution in [0.1, 0.15) is 6.42 Å². The Hall–Kier alpha value is -1.61. The summed E-state index contributed by atoms with van der Waals surface area (Å²) in [6.45, 7) is 0. The summed E-state index contributed by atoms with van der Waals surface area (Å²) in [4.78, 5) is 34.3. The molecule has 0 aliphatic rings. The van der Waals surface area contributed by atoms with Gasteiger partial charge in [0.15, 0.2) is 15.6 Å². The van der Waals surface area contributed by atoms with Gasteiger partial charge in [0.25, 0.3) is 5.56 Å². The maximum absolute atomic E-state index is 11.5. The van der Waals surface area contributed by atoms with E-state index in [0.717, 1.165) is 0 Å². The predicted octanol–water partition coefficient (Wildman–Crippen LogP) is 0.276. The third-order valence-electron chi connectivity index (χ3n) is 1.96. The molecular formula is C8H9N5O2S2. The molecule has 2 aromatic rings. The smallest absolute Gasteiger partial charge is 0.277 e. The second-order valence-electron chi connectivity index (χ2n) is 3.24. The van der Waals surface area contributed by atoms with Gasteiger partial charge in [-0.25, -0.2) is 4.98 Å². The molecule has 0 spiro atoms. The molecule has 0 saturated heterocycles. The molecule has 0 aliphatic heterocycles. The molecule has 90 valence electrons. The minimum Gasteiger partial charge on any atom is -0.370 e. The predicted molar refractivity (Wildman–Crippen MR) is 66.4 cm³/mol. The maximum atomic E-state index is 11.5. The summed E-state index contributed by atoms with van der Waals surface area (Å²) in [7, 11) is 0. The number of hydrogen-bond acceptors (Lipinski definition) is 5. The summed E-state index contributed by atoms with van der Waals surface area (Å²) in [5, 5.41) is 0.545. The van der Waals surface area contributed by atoms with E-state index in [9.17, 15) is 9.59 Å². The van der Waals surface area contributed by atoms with Crippen LogP contribution in [0.5, 0.6) is 0 Å². The molecule has 0 saturated carbocycles. The van der Waals surface area contributed by atoms with Crippen molar-refractivity contribution in [3.63, 3.8) is 0 Å². The largest absolute Gasteiger partial charge is 0.370 e. The number of amides is 1. The Labute approximate surface area is 104 Å². The van der Waals surface area contributed by atoms with Crippen LogP contribution >= 0.6 is 24.0 Å². The zero-order valence-electron chi connectivity index (χ0n) is 8.57. The Morgan fingerprint density at radius 2 is 2.18 bits per heavy atom. The first-order valence-electron chi connectivity index (χ1n) is 4.69. The van der Waals surface area contributed by atoms with Crippen molar-refractivity contribution >= 4 is 41.1 Å². The Morgan fingerprint density at radius 3 is 2.88 bits per heavy atom.